The molecule has 1 saturated heterocycles. The predicted molar refractivity (Wildman–Crippen MR) is 76.1 cm³/mol. The highest BCUT2D eigenvalue weighted by Crippen LogP contribution is 2.22. The van der Waals surface area contributed by atoms with Crippen LogP contribution in [-0.2, 0) is 10.2 Å². The van der Waals surface area contributed by atoms with Gasteiger partial charge in [-0.3, -0.25) is 4.72 Å². The van der Waals surface area contributed by atoms with Crippen LogP contribution in [0.15, 0.2) is 18.2 Å². The van der Waals surface area contributed by atoms with Crippen LogP contribution in [0.4, 0.5) is 5.69 Å². The van der Waals surface area contributed by atoms with Crippen LogP contribution in [0.1, 0.15) is 35.2 Å². The Kier molecular flexibility index (Phi) is 4.29. The van der Waals surface area contributed by atoms with E-state index in [1.54, 1.807) is 13.0 Å². The van der Waals surface area contributed by atoms with Crippen molar-refractivity contribution in [3.05, 3.63) is 29.3 Å². The van der Waals surface area contributed by atoms with Crippen LogP contribution in [-0.4, -0.2) is 36.9 Å². The third kappa shape index (κ3) is 3.10. The fraction of sp³-hybridized carbons (Fsp3) is 0.462. The largest absolute Gasteiger partial charge is 0.478 e. The molecule has 7 heteroatoms. The number of carboxylic acids is 1. The molecule has 110 valence electrons. The zero-order valence-corrected chi connectivity index (χ0v) is 12.1. The summed E-state index contributed by atoms with van der Waals surface area (Å²) in [4.78, 5) is 11.1. The van der Waals surface area contributed by atoms with E-state index in [1.807, 2.05) is 0 Å². The lowest BCUT2D eigenvalue weighted by molar-refractivity contribution is 0.0696. The van der Waals surface area contributed by atoms with Gasteiger partial charge in [0.05, 0.1) is 11.3 Å². The average Bonchev–Trinajstić information content (AvgIpc) is 2.41. The molecule has 0 bridgehead atoms. The van der Waals surface area contributed by atoms with Crippen molar-refractivity contribution >= 4 is 21.9 Å². The van der Waals surface area contributed by atoms with E-state index in [9.17, 15) is 13.2 Å². The molecule has 2 rings (SSSR count). The number of hydrogen-bond acceptors (Lipinski definition) is 3. The van der Waals surface area contributed by atoms with Crippen LogP contribution in [0.3, 0.4) is 0 Å². The smallest absolute Gasteiger partial charge is 0.336 e. The molecule has 0 aromatic heterocycles. The molecule has 1 fully saturated rings. The number of anilines is 1. The molecule has 1 aliphatic rings. The van der Waals surface area contributed by atoms with Crippen LogP contribution in [0.5, 0.6) is 0 Å². The summed E-state index contributed by atoms with van der Waals surface area (Å²) in [7, 11) is -3.61. The molecule has 0 amide bonds. The van der Waals surface area contributed by atoms with Crippen molar-refractivity contribution < 1.29 is 18.3 Å². The number of hydrogen-bond donors (Lipinski definition) is 2. The zero-order chi connectivity index (χ0) is 14.8. The standard InChI is InChI=1S/C13H18N2O4S/c1-10-11(13(16)17)6-5-7-12(10)14-20(18,19)15-8-3-2-4-9-15/h5-7,14H,2-4,8-9H2,1H3,(H,16,17). The molecular weight excluding hydrogens is 280 g/mol. The number of benzene rings is 1. The number of carbonyl (C=O) groups is 1. The molecule has 1 aromatic rings. The number of carboxylic acid groups (broad SMARTS) is 1. The summed E-state index contributed by atoms with van der Waals surface area (Å²) in [6, 6.07) is 4.56. The van der Waals surface area contributed by atoms with E-state index in [4.69, 9.17) is 5.11 Å². The van der Waals surface area contributed by atoms with E-state index >= 15 is 0 Å². The molecule has 0 aliphatic carbocycles. The maximum atomic E-state index is 12.3. The molecule has 0 radical (unpaired) electrons. The van der Waals surface area contributed by atoms with Gasteiger partial charge in [-0.15, -0.1) is 0 Å². The second kappa shape index (κ2) is 5.80. The second-order valence-corrected chi connectivity index (χ2v) is 6.52. The van der Waals surface area contributed by atoms with Gasteiger partial charge in [0.1, 0.15) is 0 Å². The minimum absolute atomic E-state index is 0.101. The molecule has 1 aliphatic heterocycles. The van der Waals surface area contributed by atoms with E-state index in [0.717, 1.165) is 19.3 Å². The van der Waals surface area contributed by atoms with Crippen LogP contribution < -0.4 is 4.72 Å². The molecular formula is C13H18N2O4S. The minimum Gasteiger partial charge on any atom is -0.478 e. The van der Waals surface area contributed by atoms with Gasteiger partial charge in [0.15, 0.2) is 0 Å². The highest BCUT2D eigenvalue weighted by Gasteiger charge is 2.24. The van der Waals surface area contributed by atoms with E-state index in [2.05, 4.69) is 4.72 Å². The van der Waals surface area contributed by atoms with Crippen LogP contribution in [0, 0.1) is 6.92 Å². The van der Waals surface area contributed by atoms with Gasteiger partial charge in [-0.25, -0.2) is 4.79 Å². The Morgan fingerprint density at radius 1 is 1.25 bits per heavy atom. The zero-order valence-electron chi connectivity index (χ0n) is 11.3. The van der Waals surface area contributed by atoms with E-state index in [1.165, 1.54) is 16.4 Å². The monoisotopic (exact) mass is 298 g/mol. The normalized spacial score (nSPS) is 16.9. The number of nitrogens with one attached hydrogen (secondary N) is 1. The summed E-state index contributed by atoms with van der Waals surface area (Å²) in [5.41, 5.74) is 0.833. The topological polar surface area (TPSA) is 86.7 Å². The van der Waals surface area contributed by atoms with Crippen molar-refractivity contribution in [2.24, 2.45) is 0 Å². The van der Waals surface area contributed by atoms with E-state index in [0.29, 0.717) is 24.3 Å². The van der Waals surface area contributed by atoms with Gasteiger partial charge < -0.3 is 5.11 Å². The molecule has 2 N–H and O–H groups in total. The third-order valence-electron chi connectivity index (χ3n) is 3.46. The van der Waals surface area contributed by atoms with Gasteiger partial charge in [0, 0.05) is 13.1 Å². The average molecular weight is 298 g/mol. The fourth-order valence-corrected chi connectivity index (χ4v) is 3.65. The van der Waals surface area contributed by atoms with E-state index < -0.39 is 16.2 Å². The second-order valence-electron chi connectivity index (χ2n) is 4.85. The van der Waals surface area contributed by atoms with Gasteiger partial charge in [-0.05, 0) is 37.5 Å². The lowest BCUT2D eigenvalue weighted by Gasteiger charge is -2.26. The molecule has 6 nitrogen and oxygen atoms in total. The van der Waals surface area contributed by atoms with Gasteiger partial charge in [-0.2, -0.15) is 12.7 Å². The van der Waals surface area contributed by atoms with Crippen molar-refractivity contribution in [1.82, 2.24) is 4.31 Å². The first kappa shape index (κ1) is 14.8. The van der Waals surface area contributed by atoms with Crippen LogP contribution in [0.25, 0.3) is 0 Å². The van der Waals surface area contributed by atoms with Crippen molar-refractivity contribution in [2.75, 3.05) is 17.8 Å². The molecule has 20 heavy (non-hydrogen) atoms. The van der Waals surface area contributed by atoms with Crippen molar-refractivity contribution in [3.8, 4) is 0 Å². The molecule has 0 spiro atoms. The molecule has 0 unspecified atom stereocenters. The highest BCUT2D eigenvalue weighted by molar-refractivity contribution is 7.90. The number of nitrogens with zero attached hydrogens (tertiary/aromatic N) is 1. The van der Waals surface area contributed by atoms with Crippen molar-refractivity contribution in [1.29, 1.82) is 0 Å². The first-order valence-corrected chi connectivity index (χ1v) is 7.96. The Morgan fingerprint density at radius 2 is 1.90 bits per heavy atom. The summed E-state index contributed by atoms with van der Waals surface area (Å²) in [5.74, 6) is -1.07. The van der Waals surface area contributed by atoms with Crippen LogP contribution >= 0.6 is 0 Å². The van der Waals surface area contributed by atoms with Crippen LogP contribution in [0.2, 0.25) is 0 Å². The lowest BCUT2D eigenvalue weighted by Crippen LogP contribution is -2.39. The number of piperidine rings is 1. The summed E-state index contributed by atoms with van der Waals surface area (Å²) in [5, 5.41) is 9.05. The lowest BCUT2D eigenvalue weighted by atomic mass is 10.1. The Balaban J connectivity index is 2.25. The maximum absolute atomic E-state index is 12.3. The maximum Gasteiger partial charge on any atom is 0.336 e. The summed E-state index contributed by atoms with van der Waals surface area (Å²) >= 11 is 0. The SMILES string of the molecule is Cc1c(NS(=O)(=O)N2CCCCC2)cccc1C(=O)O. The van der Waals surface area contributed by atoms with Gasteiger partial charge in [-0.1, -0.05) is 12.5 Å². The third-order valence-corrected chi connectivity index (χ3v) is 4.98. The van der Waals surface area contributed by atoms with Gasteiger partial charge >= 0.3 is 16.2 Å². The predicted octanol–water partition coefficient (Wildman–Crippen LogP) is 1.84. The number of aromatic carboxylic acids is 1. The Labute approximate surface area is 118 Å². The molecule has 0 atom stereocenters. The van der Waals surface area contributed by atoms with Crippen molar-refractivity contribution in [3.63, 3.8) is 0 Å². The minimum atomic E-state index is -3.61. The highest BCUT2D eigenvalue weighted by atomic mass is 32.2. The molecule has 1 heterocycles. The van der Waals surface area contributed by atoms with Crippen molar-refractivity contribution in [2.45, 2.75) is 26.2 Å². The summed E-state index contributed by atoms with van der Waals surface area (Å²) < 4.78 is 28.4. The first-order chi connectivity index (χ1) is 9.42. The summed E-state index contributed by atoms with van der Waals surface area (Å²) in [6.07, 6.45) is 2.75. The Morgan fingerprint density at radius 3 is 2.50 bits per heavy atom. The Hall–Kier alpha value is -1.60. The van der Waals surface area contributed by atoms with Gasteiger partial charge in [0.2, 0.25) is 0 Å². The summed E-state index contributed by atoms with van der Waals surface area (Å²) in [6.45, 7) is 2.61. The number of rotatable bonds is 4. The first-order valence-electron chi connectivity index (χ1n) is 6.52. The Bertz CT molecular complexity index is 607. The quantitative estimate of drug-likeness (QED) is 0.888. The fourth-order valence-electron chi connectivity index (χ4n) is 2.29. The molecule has 0 saturated carbocycles. The van der Waals surface area contributed by atoms with Gasteiger partial charge in [0.25, 0.3) is 0 Å². The van der Waals surface area contributed by atoms with E-state index in [-0.39, 0.29) is 5.56 Å². The molecule has 1 aromatic carbocycles.